The molecule has 1 fully saturated rings. The fraction of sp³-hybridized carbons (Fsp3) is 0.625. The van der Waals surface area contributed by atoms with E-state index in [0.29, 0.717) is 16.0 Å². The maximum Gasteiger partial charge on any atom is 0.0595 e. The van der Waals surface area contributed by atoms with Crippen LogP contribution in [0, 0.1) is 5.92 Å². The average Bonchev–Trinajstić information content (AvgIpc) is 2.92. The fourth-order valence-corrected chi connectivity index (χ4v) is 3.40. The molecule has 3 heteroatoms. The lowest BCUT2D eigenvalue weighted by molar-refractivity contribution is 0.411. The molecule has 0 radical (unpaired) electrons. The molecule has 2 rings (SSSR count). The van der Waals surface area contributed by atoms with Crippen LogP contribution in [0.4, 0.5) is 0 Å². The van der Waals surface area contributed by atoms with Gasteiger partial charge in [0.2, 0.25) is 0 Å². The molecule has 1 nitrogen and oxygen atoms in total. The predicted molar refractivity (Wildman–Crippen MR) is 84.3 cm³/mol. The number of nitrogens with one attached hydrogen (secondary N) is 1. The molecule has 0 saturated heterocycles. The summed E-state index contributed by atoms with van der Waals surface area (Å²) >= 11 is 12.2. The fourth-order valence-electron chi connectivity index (χ4n) is 3.09. The first kappa shape index (κ1) is 15.2. The molecule has 1 aliphatic carbocycles. The molecule has 0 amide bonds. The van der Waals surface area contributed by atoms with E-state index < -0.39 is 0 Å². The van der Waals surface area contributed by atoms with Gasteiger partial charge in [0.15, 0.2) is 0 Å². The first-order valence-corrected chi connectivity index (χ1v) is 8.13. The van der Waals surface area contributed by atoms with E-state index in [2.05, 4.69) is 24.4 Å². The van der Waals surface area contributed by atoms with E-state index in [0.717, 1.165) is 19.0 Å². The first-order valence-electron chi connectivity index (χ1n) is 7.38. The Balaban J connectivity index is 2.12. The Labute approximate surface area is 126 Å². The van der Waals surface area contributed by atoms with Crippen molar-refractivity contribution < 1.29 is 0 Å². The standard InChI is InChI=1S/C16H23Cl2N/c1-2-9-19-11-14(12-5-3-4-6-12)13-7-8-15(17)16(18)10-13/h7-8,10,12,14,19H,2-6,9,11H2,1H3. The van der Waals surface area contributed by atoms with Gasteiger partial charge in [0, 0.05) is 6.54 Å². The van der Waals surface area contributed by atoms with Crippen molar-refractivity contribution in [3.05, 3.63) is 33.8 Å². The second-order valence-corrected chi connectivity index (χ2v) is 6.34. The second-order valence-electron chi connectivity index (χ2n) is 5.53. The van der Waals surface area contributed by atoms with Gasteiger partial charge in [-0.2, -0.15) is 0 Å². The molecule has 106 valence electrons. The number of rotatable bonds is 6. The lowest BCUT2D eigenvalue weighted by Crippen LogP contribution is -2.26. The highest BCUT2D eigenvalue weighted by Gasteiger charge is 2.26. The summed E-state index contributed by atoms with van der Waals surface area (Å²) in [6.45, 7) is 4.34. The molecule has 1 aliphatic rings. The zero-order valence-corrected chi connectivity index (χ0v) is 13.1. The third-order valence-corrected chi connectivity index (χ3v) is 4.87. The second kappa shape index (κ2) is 7.52. The molecule has 0 heterocycles. The molecule has 0 aromatic heterocycles. The Morgan fingerprint density at radius 3 is 2.58 bits per heavy atom. The van der Waals surface area contributed by atoms with Crippen LogP contribution in [-0.2, 0) is 0 Å². The Kier molecular flexibility index (Phi) is 6.00. The van der Waals surface area contributed by atoms with Crippen molar-refractivity contribution in [2.24, 2.45) is 5.92 Å². The van der Waals surface area contributed by atoms with Crippen molar-refractivity contribution in [1.29, 1.82) is 0 Å². The quantitative estimate of drug-likeness (QED) is 0.706. The molecule has 1 aromatic rings. The van der Waals surface area contributed by atoms with Crippen LogP contribution in [0.5, 0.6) is 0 Å². The SMILES string of the molecule is CCCNCC(c1ccc(Cl)c(Cl)c1)C1CCCC1. The van der Waals surface area contributed by atoms with Crippen molar-refractivity contribution in [3.63, 3.8) is 0 Å². The molecule has 1 N–H and O–H groups in total. The van der Waals surface area contributed by atoms with Gasteiger partial charge in [-0.3, -0.25) is 0 Å². The minimum atomic E-state index is 0.573. The van der Waals surface area contributed by atoms with Crippen molar-refractivity contribution in [2.75, 3.05) is 13.1 Å². The summed E-state index contributed by atoms with van der Waals surface area (Å²) in [4.78, 5) is 0. The van der Waals surface area contributed by atoms with Crippen LogP contribution in [0.2, 0.25) is 10.0 Å². The minimum Gasteiger partial charge on any atom is -0.316 e. The van der Waals surface area contributed by atoms with Crippen LogP contribution < -0.4 is 5.32 Å². The lowest BCUT2D eigenvalue weighted by atomic mass is 9.85. The smallest absolute Gasteiger partial charge is 0.0595 e. The molecule has 1 aromatic carbocycles. The molecule has 1 saturated carbocycles. The Morgan fingerprint density at radius 2 is 1.95 bits per heavy atom. The van der Waals surface area contributed by atoms with Gasteiger partial charge in [-0.15, -0.1) is 0 Å². The Bertz CT molecular complexity index is 400. The number of hydrogen-bond donors (Lipinski definition) is 1. The van der Waals surface area contributed by atoms with Crippen LogP contribution in [0.15, 0.2) is 18.2 Å². The molecular weight excluding hydrogens is 277 g/mol. The summed E-state index contributed by atoms with van der Waals surface area (Å²) in [7, 11) is 0. The van der Waals surface area contributed by atoms with Crippen molar-refractivity contribution in [3.8, 4) is 0 Å². The van der Waals surface area contributed by atoms with Crippen molar-refractivity contribution in [1.82, 2.24) is 5.32 Å². The first-order chi connectivity index (χ1) is 9.22. The van der Waals surface area contributed by atoms with Crippen LogP contribution in [-0.4, -0.2) is 13.1 Å². The van der Waals surface area contributed by atoms with Crippen LogP contribution in [0.3, 0.4) is 0 Å². The van der Waals surface area contributed by atoms with E-state index in [-0.39, 0.29) is 0 Å². The summed E-state index contributed by atoms with van der Waals surface area (Å²) in [6, 6.07) is 6.13. The van der Waals surface area contributed by atoms with E-state index >= 15 is 0 Å². The van der Waals surface area contributed by atoms with Gasteiger partial charge in [0.1, 0.15) is 0 Å². The van der Waals surface area contributed by atoms with Crippen LogP contribution in [0.1, 0.15) is 50.5 Å². The average molecular weight is 300 g/mol. The summed E-state index contributed by atoms with van der Waals surface area (Å²) in [5.41, 5.74) is 1.34. The van der Waals surface area contributed by atoms with E-state index in [1.165, 1.54) is 37.7 Å². The summed E-state index contributed by atoms with van der Waals surface area (Å²) in [5, 5.41) is 4.90. The van der Waals surface area contributed by atoms with E-state index in [4.69, 9.17) is 23.2 Å². The predicted octanol–water partition coefficient (Wildman–Crippen LogP) is 5.27. The van der Waals surface area contributed by atoms with Gasteiger partial charge in [0.25, 0.3) is 0 Å². The monoisotopic (exact) mass is 299 g/mol. The highest BCUT2D eigenvalue weighted by Crippen LogP contribution is 2.38. The van der Waals surface area contributed by atoms with E-state index in [1.807, 2.05) is 6.07 Å². The highest BCUT2D eigenvalue weighted by molar-refractivity contribution is 6.42. The largest absolute Gasteiger partial charge is 0.316 e. The highest BCUT2D eigenvalue weighted by atomic mass is 35.5. The Hall–Kier alpha value is -0.240. The van der Waals surface area contributed by atoms with Gasteiger partial charge < -0.3 is 5.32 Å². The molecular formula is C16H23Cl2N. The van der Waals surface area contributed by atoms with Gasteiger partial charge in [-0.25, -0.2) is 0 Å². The topological polar surface area (TPSA) is 12.0 Å². The zero-order valence-electron chi connectivity index (χ0n) is 11.6. The van der Waals surface area contributed by atoms with Crippen molar-refractivity contribution >= 4 is 23.2 Å². The maximum atomic E-state index is 6.17. The summed E-state index contributed by atoms with van der Waals surface area (Å²) < 4.78 is 0. The minimum absolute atomic E-state index is 0.573. The molecule has 19 heavy (non-hydrogen) atoms. The van der Waals surface area contributed by atoms with E-state index in [9.17, 15) is 0 Å². The molecule has 0 aliphatic heterocycles. The van der Waals surface area contributed by atoms with Crippen LogP contribution >= 0.6 is 23.2 Å². The lowest BCUT2D eigenvalue weighted by Gasteiger charge is -2.25. The summed E-state index contributed by atoms with van der Waals surface area (Å²) in [5.74, 6) is 1.37. The molecule has 1 unspecified atom stereocenters. The molecule has 0 spiro atoms. The van der Waals surface area contributed by atoms with E-state index in [1.54, 1.807) is 0 Å². The van der Waals surface area contributed by atoms with Gasteiger partial charge in [-0.1, -0.05) is 49.0 Å². The third kappa shape index (κ3) is 4.11. The molecule has 0 bridgehead atoms. The number of hydrogen-bond acceptors (Lipinski definition) is 1. The van der Waals surface area contributed by atoms with Gasteiger partial charge in [0.05, 0.1) is 10.0 Å². The summed E-state index contributed by atoms with van der Waals surface area (Å²) in [6.07, 6.45) is 6.61. The normalized spacial score (nSPS) is 17.8. The number of halogens is 2. The molecule has 1 atom stereocenters. The third-order valence-electron chi connectivity index (χ3n) is 4.13. The zero-order chi connectivity index (χ0) is 13.7. The Morgan fingerprint density at radius 1 is 1.21 bits per heavy atom. The van der Waals surface area contributed by atoms with Gasteiger partial charge >= 0.3 is 0 Å². The van der Waals surface area contributed by atoms with Crippen LogP contribution in [0.25, 0.3) is 0 Å². The maximum absolute atomic E-state index is 6.17. The number of benzene rings is 1. The van der Waals surface area contributed by atoms with Crippen molar-refractivity contribution in [2.45, 2.75) is 44.9 Å². The van der Waals surface area contributed by atoms with Gasteiger partial charge in [-0.05, 0) is 55.3 Å².